The fourth-order valence-corrected chi connectivity index (χ4v) is 3.16. The average Bonchev–Trinajstić information content (AvgIpc) is 2.79. The molecule has 34 heavy (non-hydrogen) atoms. The summed E-state index contributed by atoms with van der Waals surface area (Å²) in [6, 6.07) is 18.6. The van der Waals surface area contributed by atoms with Crippen molar-refractivity contribution < 1.29 is 14.3 Å². The van der Waals surface area contributed by atoms with Gasteiger partial charge in [0.1, 0.15) is 5.60 Å². The van der Waals surface area contributed by atoms with Gasteiger partial charge in [0, 0.05) is 42.1 Å². The van der Waals surface area contributed by atoms with Crippen molar-refractivity contribution in [3.05, 3.63) is 89.2 Å². The van der Waals surface area contributed by atoms with Crippen LogP contribution in [0.5, 0.6) is 0 Å². The minimum absolute atomic E-state index is 0.262. The third-order valence-electron chi connectivity index (χ3n) is 4.72. The predicted octanol–water partition coefficient (Wildman–Crippen LogP) is 6.42. The molecule has 3 aromatic rings. The highest BCUT2D eigenvalue weighted by molar-refractivity contribution is 6.30. The van der Waals surface area contributed by atoms with Crippen LogP contribution in [-0.4, -0.2) is 34.5 Å². The summed E-state index contributed by atoms with van der Waals surface area (Å²) in [5.41, 5.74) is 3.70. The monoisotopic (exact) mass is 477 g/mol. The number of pyridine rings is 1. The molecule has 0 radical (unpaired) electrons. The maximum absolute atomic E-state index is 12.3. The molecule has 1 N–H and O–H groups in total. The molecule has 0 aliphatic heterocycles. The van der Waals surface area contributed by atoms with E-state index in [1.807, 2.05) is 69.3 Å². The number of anilines is 1. The molecule has 2 aromatic carbocycles. The van der Waals surface area contributed by atoms with Crippen LogP contribution in [-0.2, 0) is 16.1 Å². The van der Waals surface area contributed by atoms with Crippen molar-refractivity contribution in [2.45, 2.75) is 32.9 Å². The molecule has 0 saturated heterocycles. The standard InChI is InChI=1S/C27H28ClN3O3/c1-27(2,3)34-26(33)31(4)18-19-5-12-24(13-6-19)30-25(32)16-15-23-14-9-21(17-29-23)20-7-10-22(28)11-8-20/h5-17H,18H2,1-4H3,(H,30,32)/b16-15+. The fourth-order valence-electron chi connectivity index (χ4n) is 3.03. The summed E-state index contributed by atoms with van der Waals surface area (Å²) >= 11 is 5.93. The molecule has 1 aromatic heterocycles. The van der Waals surface area contributed by atoms with E-state index in [2.05, 4.69) is 10.3 Å². The summed E-state index contributed by atoms with van der Waals surface area (Å²) in [6.45, 7) is 5.90. The molecule has 7 heteroatoms. The van der Waals surface area contributed by atoms with Crippen molar-refractivity contribution in [1.29, 1.82) is 0 Å². The molecular weight excluding hydrogens is 450 g/mol. The van der Waals surface area contributed by atoms with Crippen LogP contribution in [0.1, 0.15) is 32.0 Å². The highest BCUT2D eigenvalue weighted by atomic mass is 35.5. The molecule has 0 aliphatic rings. The number of carbonyl (C=O) groups is 2. The number of carbonyl (C=O) groups excluding carboxylic acids is 2. The Labute approximate surface area is 205 Å². The quantitative estimate of drug-likeness (QED) is 0.416. The van der Waals surface area contributed by atoms with Crippen LogP contribution in [0, 0.1) is 0 Å². The van der Waals surface area contributed by atoms with Gasteiger partial charge >= 0.3 is 6.09 Å². The molecule has 0 fully saturated rings. The Bertz CT molecular complexity index is 1150. The summed E-state index contributed by atoms with van der Waals surface area (Å²) in [6.07, 6.45) is 4.47. The summed E-state index contributed by atoms with van der Waals surface area (Å²) in [7, 11) is 1.69. The van der Waals surface area contributed by atoms with Crippen LogP contribution in [0.4, 0.5) is 10.5 Å². The zero-order chi connectivity index (χ0) is 24.7. The lowest BCUT2D eigenvalue weighted by atomic mass is 10.1. The number of nitrogens with one attached hydrogen (secondary N) is 1. The van der Waals surface area contributed by atoms with Gasteiger partial charge in [-0.15, -0.1) is 0 Å². The predicted molar refractivity (Wildman–Crippen MR) is 136 cm³/mol. The Morgan fingerprint density at radius 3 is 2.24 bits per heavy atom. The van der Waals surface area contributed by atoms with Crippen LogP contribution in [0.25, 0.3) is 17.2 Å². The number of halogens is 1. The SMILES string of the molecule is CN(Cc1ccc(NC(=O)/C=C/c2ccc(-c3ccc(Cl)cc3)cn2)cc1)C(=O)OC(C)(C)C. The Kier molecular flexibility index (Phi) is 8.08. The molecular formula is C27H28ClN3O3. The number of amides is 2. The van der Waals surface area contributed by atoms with Gasteiger partial charge in [-0.3, -0.25) is 9.78 Å². The molecule has 0 spiro atoms. The second kappa shape index (κ2) is 11.0. The largest absolute Gasteiger partial charge is 0.444 e. The number of ether oxygens (including phenoxy) is 1. The Hall–Kier alpha value is -3.64. The Morgan fingerprint density at radius 2 is 1.65 bits per heavy atom. The number of nitrogens with zero attached hydrogens (tertiary/aromatic N) is 2. The van der Waals surface area contributed by atoms with Gasteiger partial charge in [-0.2, -0.15) is 0 Å². The smallest absolute Gasteiger partial charge is 0.410 e. The molecule has 1 heterocycles. The fraction of sp³-hybridized carbons (Fsp3) is 0.222. The lowest BCUT2D eigenvalue weighted by Crippen LogP contribution is -2.33. The zero-order valence-electron chi connectivity index (χ0n) is 19.7. The first kappa shape index (κ1) is 25.0. The van der Waals surface area contributed by atoms with E-state index in [9.17, 15) is 9.59 Å². The molecule has 176 valence electrons. The maximum atomic E-state index is 12.3. The van der Waals surface area contributed by atoms with Gasteiger partial charge in [0.25, 0.3) is 0 Å². The van der Waals surface area contributed by atoms with Gasteiger partial charge in [-0.1, -0.05) is 41.9 Å². The van der Waals surface area contributed by atoms with Crippen LogP contribution < -0.4 is 5.32 Å². The van der Waals surface area contributed by atoms with Crippen LogP contribution in [0.15, 0.2) is 72.9 Å². The number of benzene rings is 2. The van der Waals surface area contributed by atoms with Crippen molar-refractivity contribution in [3.8, 4) is 11.1 Å². The number of hydrogen-bond acceptors (Lipinski definition) is 4. The number of rotatable bonds is 6. The summed E-state index contributed by atoms with van der Waals surface area (Å²) in [4.78, 5) is 30.3. The molecule has 3 rings (SSSR count). The van der Waals surface area contributed by atoms with Crippen LogP contribution in [0.2, 0.25) is 5.02 Å². The highest BCUT2D eigenvalue weighted by Gasteiger charge is 2.19. The summed E-state index contributed by atoms with van der Waals surface area (Å²) in [5.74, 6) is -0.262. The van der Waals surface area contributed by atoms with Gasteiger partial charge in [0.05, 0.1) is 5.69 Å². The first-order valence-electron chi connectivity index (χ1n) is 10.8. The van der Waals surface area contributed by atoms with E-state index in [-0.39, 0.29) is 12.0 Å². The highest BCUT2D eigenvalue weighted by Crippen LogP contribution is 2.21. The van der Waals surface area contributed by atoms with Gasteiger partial charge in [-0.05, 0) is 68.3 Å². The normalized spacial score (nSPS) is 11.3. The second-order valence-corrected chi connectivity index (χ2v) is 9.27. The molecule has 0 atom stereocenters. The first-order valence-corrected chi connectivity index (χ1v) is 11.2. The van der Waals surface area contributed by atoms with E-state index in [4.69, 9.17) is 16.3 Å². The zero-order valence-corrected chi connectivity index (χ0v) is 20.5. The Balaban J connectivity index is 1.52. The topological polar surface area (TPSA) is 71.5 Å². The lowest BCUT2D eigenvalue weighted by molar-refractivity contribution is -0.111. The number of aromatic nitrogens is 1. The van der Waals surface area contributed by atoms with Gasteiger partial charge < -0.3 is 15.0 Å². The molecule has 6 nitrogen and oxygen atoms in total. The van der Waals surface area contributed by atoms with Gasteiger partial charge in [-0.25, -0.2) is 4.79 Å². The van der Waals surface area contributed by atoms with Crippen molar-refractivity contribution >= 4 is 35.4 Å². The average molecular weight is 478 g/mol. The minimum atomic E-state index is -0.540. The maximum Gasteiger partial charge on any atom is 0.410 e. The third-order valence-corrected chi connectivity index (χ3v) is 4.97. The van der Waals surface area contributed by atoms with E-state index in [1.165, 1.54) is 11.0 Å². The molecule has 0 unspecified atom stereocenters. The number of hydrogen-bond donors (Lipinski definition) is 1. The van der Waals surface area contributed by atoms with Crippen molar-refractivity contribution in [3.63, 3.8) is 0 Å². The summed E-state index contributed by atoms with van der Waals surface area (Å²) < 4.78 is 5.36. The third kappa shape index (κ3) is 7.74. The minimum Gasteiger partial charge on any atom is -0.444 e. The van der Waals surface area contributed by atoms with Crippen molar-refractivity contribution in [2.75, 3.05) is 12.4 Å². The van der Waals surface area contributed by atoms with E-state index in [1.54, 1.807) is 31.5 Å². The van der Waals surface area contributed by atoms with Crippen molar-refractivity contribution in [1.82, 2.24) is 9.88 Å². The van der Waals surface area contributed by atoms with Gasteiger partial charge in [0.15, 0.2) is 0 Å². The molecule has 0 saturated carbocycles. The van der Waals surface area contributed by atoms with Gasteiger partial charge in [0.2, 0.25) is 5.91 Å². The van der Waals surface area contributed by atoms with E-state index in [0.717, 1.165) is 16.7 Å². The summed E-state index contributed by atoms with van der Waals surface area (Å²) in [5, 5.41) is 3.50. The lowest BCUT2D eigenvalue weighted by Gasteiger charge is -2.24. The van der Waals surface area contributed by atoms with Crippen LogP contribution >= 0.6 is 11.6 Å². The van der Waals surface area contributed by atoms with Crippen LogP contribution in [0.3, 0.4) is 0 Å². The van der Waals surface area contributed by atoms with Crippen molar-refractivity contribution in [2.24, 2.45) is 0 Å². The molecule has 2 amide bonds. The van der Waals surface area contributed by atoms with E-state index in [0.29, 0.717) is 22.9 Å². The second-order valence-electron chi connectivity index (χ2n) is 8.83. The molecule has 0 aliphatic carbocycles. The van der Waals surface area contributed by atoms with E-state index >= 15 is 0 Å². The Morgan fingerprint density at radius 1 is 1.00 bits per heavy atom. The first-order chi connectivity index (χ1) is 16.1. The molecule has 0 bridgehead atoms. The van der Waals surface area contributed by atoms with E-state index < -0.39 is 5.60 Å².